The molecule has 0 unspecified atom stereocenters. The average molecular weight is 179 g/mol. The smallest absolute Gasteiger partial charge is 0.174 e. The Balaban J connectivity index is 0. The van der Waals surface area contributed by atoms with Gasteiger partial charge in [0.1, 0.15) is 12.5 Å². The summed E-state index contributed by atoms with van der Waals surface area (Å²) in [5.74, 6) is 0. The van der Waals surface area contributed by atoms with Crippen LogP contribution in [-0.4, -0.2) is 25.4 Å². The quantitative estimate of drug-likeness (QED) is 0.439. The lowest BCUT2D eigenvalue weighted by Gasteiger charge is -1.77. The van der Waals surface area contributed by atoms with Gasteiger partial charge >= 0.3 is 6.68 Å². The third-order valence-electron chi connectivity index (χ3n) is 0.333. The van der Waals surface area contributed by atoms with Crippen molar-refractivity contribution in [3.8, 4) is 0 Å². The van der Waals surface area contributed by atoms with Crippen molar-refractivity contribution in [2.75, 3.05) is 18.8 Å². The van der Waals surface area contributed by atoms with Crippen molar-refractivity contribution in [2.45, 2.75) is 6.68 Å². The first-order valence-corrected chi connectivity index (χ1v) is 5.83. The van der Waals surface area contributed by atoms with E-state index in [1.54, 1.807) is 0 Å². The van der Waals surface area contributed by atoms with Crippen LogP contribution in [0.25, 0.3) is 0 Å². The Hall–Kier alpha value is 0.490. The van der Waals surface area contributed by atoms with Crippen LogP contribution >= 0.6 is 10.8 Å². The highest BCUT2D eigenvalue weighted by atomic mass is 33.1. The van der Waals surface area contributed by atoms with Gasteiger partial charge in [0.2, 0.25) is 0 Å². The summed E-state index contributed by atoms with van der Waals surface area (Å²) >= 11 is 0. The average Bonchev–Trinajstić information content (AvgIpc) is 1.65. The molecule has 0 heterocycles. The fourth-order valence-corrected chi connectivity index (χ4v) is 0. The second kappa shape index (κ2) is 8.49. The number of halogens is 3. The molecule has 5 heteroatoms. The van der Waals surface area contributed by atoms with Crippen molar-refractivity contribution in [1.29, 1.82) is 0 Å². The summed E-state index contributed by atoms with van der Waals surface area (Å²) in [6.07, 6.45) is 6.55. The van der Waals surface area contributed by atoms with E-state index >= 15 is 0 Å². The molecule has 0 saturated heterocycles. The van der Waals surface area contributed by atoms with Crippen molar-refractivity contribution in [3.05, 3.63) is 0 Å². The Morgan fingerprint density at radius 2 is 1.33 bits per heavy atom. The second-order valence-electron chi connectivity index (χ2n) is 1.16. The molecule has 0 bridgehead atoms. The molecule has 58 valence electrons. The highest BCUT2D eigenvalue weighted by molar-refractivity contribution is 8.73. The summed E-state index contributed by atoms with van der Waals surface area (Å²) in [7, 11) is 2.50. The van der Waals surface area contributed by atoms with Crippen molar-refractivity contribution in [1.82, 2.24) is 0 Å². The molecule has 0 aromatic carbocycles. The van der Waals surface area contributed by atoms with E-state index in [1.807, 2.05) is 10.8 Å². The van der Waals surface area contributed by atoms with Crippen LogP contribution in [0.3, 0.4) is 0 Å². The van der Waals surface area contributed by atoms with Crippen LogP contribution in [0.2, 0.25) is 0 Å². The zero-order chi connectivity index (χ0) is 7.86. The minimum absolute atomic E-state index is 0.594. The van der Waals surface area contributed by atoms with Gasteiger partial charge in [0.05, 0.1) is 20.7 Å². The maximum atomic E-state index is 9.67. The van der Waals surface area contributed by atoms with E-state index in [2.05, 4.69) is 18.8 Å². The van der Waals surface area contributed by atoms with Gasteiger partial charge in [-0.15, -0.1) is 0 Å². The summed E-state index contributed by atoms with van der Waals surface area (Å²) < 4.78 is 29.0. The van der Waals surface area contributed by atoms with Crippen molar-refractivity contribution in [2.24, 2.45) is 0 Å². The molecule has 0 spiro atoms. The molecule has 0 aromatic rings. The first kappa shape index (κ1) is 12.2. The van der Waals surface area contributed by atoms with Gasteiger partial charge in [-0.1, -0.05) is 0 Å². The van der Waals surface area contributed by atoms with Crippen LogP contribution in [0, 0.1) is 0 Å². The van der Waals surface area contributed by atoms with E-state index in [9.17, 15) is 13.2 Å². The maximum absolute atomic E-state index is 9.67. The van der Waals surface area contributed by atoms with E-state index in [0.29, 0.717) is 9.93 Å². The summed E-state index contributed by atoms with van der Waals surface area (Å²) in [5.41, 5.74) is 0. The minimum atomic E-state index is -3.67. The Bertz CT molecular complexity index is 46.3. The summed E-state index contributed by atoms with van der Waals surface area (Å²) in [4.78, 5) is 0. The third kappa shape index (κ3) is 57.7. The lowest BCUT2D eigenvalue weighted by atomic mass is 11.6. The number of hydrogen-bond acceptors (Lipinski definition) is 1. The van der Waals surface area contributed by atoms with E-state index in [4.69, 9.17) is 0 Å². The summed E-state index contributed by atoms with van der Waals surface area (Å²) in [6.45, 7) is -3.67. The van der Waals surface area contributed by atoms with Gasteiger partial charge in [0, 0.05) is 6.26 Å². The van der Waals surface area contributed by atoms with Gasteiger partial charge < -0.3 is 0 Å². The van der Waals surface area contributed by atoms with Crippen LogP contribution in [0.1, 0.15) is 0 Å². The molecule has 9 heavy (non-hydrogen) atoms. The standard InChI is InChI=1S/C3H9S2.CHF3/c1-4-5(2)3;2-1(3)4/h1-3H3;1H/q+1;. The number of alkyl halides is 3. The molecule has 0 aliphatic carbocycles. The first-order chi connectivity index (χ1) is 4.00. The molecule has 0 fully saturated rings. The molecule has 0 aliphatic rings. The van der Waals surface area contributed by atoms with Crippen LogP contribution in [0.5, 0.6) is 0 Å². The van der Waals surface area contributed by atoms with Crippen molar-refractivity contribution in [3.63, 3.8) is 0 Å². The minimum Gasteiger partial charge on any atom is -0.174 e. The monoisotopic (exact) mass is 179 g/mol. The SMILES string of the molecule is CS[S+](C)C.FC(F)F. The van der Waals surface area contributed by atoms with E-state index in [-0.39, 0.29) is 0 Å². The van der Waals surface area contributed by atoms with Gasteiger partial charge in [0.15, 0.2) is 0 Å². The lowest BCUT2D eigenvalue weighted by Crippen LogP contribution is -1.80. The van der Waals surface area contributed by atoms with Crippen LogP contribution in [0.4, 0.5) is 13.2 Å². The first-order valence-electron chi connectivity index (χ1n) is 2.05. The van der Waals surface area contributed by atoms with Crippen molar-refractivity contribution < 1.29 is 13.2 Å². The molecule has 0 amide bonds. The normalized spacial score (nSPS) is 9.33. The molecule has 0 nitrogen and oxygen atoms in total. The Morgan fingerprint density at radius 3 is 1.33 bits per heavy atom. The van der Waals surface area contributed by atoms with Gasteiger partial charge in [-0.05, 0) is 0 Å². The highest BCUT2D eigenvalue weighted by Gasteiger charge is 1.92. The molecule has 0 rings (SSSR count). The fraction of sp³-hybridized carbons (Fsp3) is 1.00. The van der Waals surface area contributed by atoms with Gasteiger partial charge in [-0.3, -0.25) is 0 Å². The van der Waals surface area contributed by atoms with Gasteiger partial charge in [0.25, 0.3) is 0 Å². The van der Waals surface area contributed by atoms with E-state index in [0.717, 1.165) is 0 Å². The molecular formula is C4H10F3S2+. The predicted octanol–water partition coefficient (Wildman–Crippen LogP) is 2.32. The summed E-state index contributed by atoms with van der Waals surface area (Å²) in [6, 6.07) is 0. The Labute approximate surface area is 60.0 Å². The third-order valence-corrected chi connectivity index (χ3v) is 3.00. The Morgan fingerprint density at radius 1 is 1.22 bits per heavy atom. The second-order valence-corrected chi connectivity index (χ2v) is 5.97. The van der Waals surface area contributed by atoms with Crippen LogP contribution in [-0.2, 0) is 9.93 Å². The number of rotatable bonds is 1. The largest absolute Gasteiger partial charge is 0.379 e. The number of hydrogen-bond donors (Lipinski definition) is 0. The molecule has 0 N–H and O–H groups in total. The molecular weight excluding hydrogens is 169 g/mol. The molecule has 0 radical (unpaired) electrons. The molecule has 0 atom stereocenters. The zero-order valence-electron chi connectivity index (χ0n) is 5.53. The van der Waals surface area contributed by atoms with Crippen LogP contribution in [0.15, 0.2) is 0 Å². The Kier molecular flexibility index (Phi) is 11.5. The molecule has 0 saturated carbocycles. The van der Waals surface area contributed by atoms with Crippen molar-refractivity contribution >= 4 is 20.7 Å². The van der Waals surface area contributed by atoms with E-state index < -0.39 is 6.68 Å². The summed E-state index contributed by atoms with van der Waals surface area (Å²) in [5, 5.41) is 0. The zero-order valence-corrected chi connectivity index (χ0v) is 7.16. The van der Waals surface area contributed by atoms with E-state index in [1.165, 1.54) is 0 Å². The maximum Gasteiger partial charge on any atom is 0.379 e. The topological polar surface area (TPSA) is 0 Å². The van der Waals surface area contributed by atoms with Gasteiger partial charge in [-0.25, -0.2) is 0 Å². The van der Waals surface area contributed by atoms with Gasteiger partial charge in [-0.2, -0.15) is 13.2 Å². The molecule has 0 aromatic heterocycles. The predicted molar refractivity (Wildman–Crippen MR) is 39.8 cm³/mol. The highest BCUT2D eigenvalue weighted by Crippen LogP contribution is 2.01. The lowest BCUT2D eigenvalue weighted by molar-refractivity contribution is 0.00819. The fourth-order valence-electron chi connectivity index (χ4n) is 0. The molecule has 0 aliphatic heterocycles. The van der Waals surface area contributed by atoms with Crippen LogP contribution < -0.4 is 0 Å².